The molecule has 0 aliphatic carbocycles. The van der Waals surface area contributed by atoms with Gasteiger partial charge < -0.3 is 9.97 Å². The van der Waals surface area contributed by atoms with Crippen LogP contribution in [0.5, 0.6) is 0 Å². The number of hydrogen-bond donors (Lipinski definition) is 2. The highest BCUT2D eigenvalue weighted by molar-refractivity contribution is 5.92. The van der Waals surface area contributed by atoms with Gasteiger partial charge >= 0.3 is 0 Å². The van der Waals surface area contributed by atoms with E-state index in [2.05, 4.69) is 96.9 Å². The first-order chi connectivity index (χ1) is 15.2. The Balaban J connectivity index is 1.72. The highest BCUT2D eigenvalue weighted by Crippen LogP contribution is 2.41. The van der Waals surface area contributed by atoms with Gasteiger partial charge in [-0.1, -0.05) is 47.5 Å². The maximum atomic E-state index is 4.80. The van der Waals surface area contributed by atoms with Gasteiger partial charge in [0.05, 0.1) is 5.52 Å². The van der Waals surface area contributed by atoms with Gasteiger partial charge in [-0.15, -0.1) is 0 Å². The van der Waals surface area contributed by atoms with Crippen LogP contribution in [0.3, 0.4) is 0 Å². The number of aryl methyl sites for hydroxylation is 2. The van der Waals surface area contributed by atoms with Crippen LogP contribution < -0.4 is 0 Å². The highest BCUT2D eigenvalue weighted by atomic mass is 14.7. The van der Waals surface area contributed by atoms with E-state index in [4.69, 9.17) is 4.98 Å². The maximum absolute atomic E-state index is 4.80. The summed E-state index contributed by atoms with van der Waals surface area (Å²) in [5, 5.41) is 3.69. The summed E-state index contributed by atoms with van der Waals surface area (Å²) in [7, 11) is 0. The van der Waals surface area contributed by atoms with Gasteiger partial charge in [0.25, 0.3) is 0 Å². The van der Waals surface area contributed by atoms with Gasteiger partial charge in [0.2, 0.25) is 0 Å². The molecule has 0 bridgehead atoms. The molecule has 2 N–H and O–H groups in total. The van der Waals surface area contributed by atoms with Crippen LogP contribution in [0, 0.1) is 13.8 Å². The lowest BCUT2D eigenvalue weighted by atomic mass is 9.83. The van der Waals surface area contributed by atoms with Crippen molar-refractivity contribution in [2.75, 3.05) is 0 Å². The molecule has 6 rings (SSSR count). The van der Waals surface area contributed by atoms with Crippen LogP contribution in [0.25, 0.3) is 32.7 Å². The number of fused-ring (bicyclic) bond motifs is 3. The number of rotatable bonds is 3. The predicted molar refractivity (Wildman–Crippen MR) is 129 cm³/mol. The van der Waals surface area contributed by atoms with Crippen molar-refractivity contribution in [1.82, 2.24) is 15.0 Å². The molecule has 0 saturated heterocycles. The normalized spacial score (nSPS) is 11.8. The van der Waals surface area contributed by atoms with Crippen molar-refractivity contribution in [1.29, 1.82) is 0 Å². The van der Waals surface area contributed by atoms with E-state index < -0.39 is 0 Å². The van der Waals surface area contributed by atoms with Crippen LogP contribution in [0.1, 0.15) is 33.7 Å². The summed E-state index contributed by atoms with van der Waals surface area (Å²) < 4.78 is 0. The first kappa shape index (κ1) is 18.0. The summed E-state index contributed by atoms with van der Waals surface area (Å²) in [5.41, 5.74) is 9.68. The van der Waals surface area contributed by atoms with Gasteiger partial charge in [-0.2, -0.15) is 0 Å². The van der Waals surface area contributed by atoms with E-state index >= 15 is 0 Å². The third-order valence-corrected chi connectivity index (χ3v) is 6.34. The molecule has 150 valence electrons. The van der Waals surface area contributed by atoms with Crippen LogP contribution in [-0.2, 0) is 0 Å². The number of aromatic amines is 2. The third-order valence-electron chi connectivity index (χ3n) is 6.34. The molecule has 6 aromatic rings. The Kier molecular flexibility index (Phi) is 3.97. The molecule has 0 amide bonds. The summed E-state index contributed by atoms with van der Waals surface area (Å²) in [6.07, 6.45) is 6.23. The molecule has 0 atom stereocenters. The number of aromatic nitrogens is 3. The molecule has 0 spiro atoms. The van der Waals surface area contributed by atoms with Crippen molar-refractivity contribution in [3.05, 3.63) is 113 Å². The second-order valence-electron chi connectivity index (χ2n) is 8.44. The molecule has 0 aliphatic rings. The zero-order valence-electron chi connectivity index (χ0n) is 17.6. The van der Waals surface area contributed by atoms with E-state index in [0.717, 1.165) is 21.9 Å². The van der Waals surface area contributed by atoms with Crippen molar-refractivity contribution in [2.45, 2.75) is 19.8 Å². The van der Waals surface area contributed by atoms with Gasteiger partial charge in [0.1, 0.15) is 0 Å². The Labute approximate surface area is 180 Å². The molecule has 0 radical (unpaired) electrons. The van der Waals surface area contributed by atoms with Crippen molar-refractivity contribution in [3.63, 3.8) is 0 Å². The average Bonchev–Trinajstić information content (AvgIpc) is 3.39. The monoisotopic (exact) mass is 401 g/mol. The van der Waals surface area contributed by atoms with E-state index in [0.29, 0.717) is 0 Å². The Bertz CT molecular complexity index is 1480. The fourth-order valence-corrected chi connectivity index (χ4v) is 4.85. The Morgan fingerprint density at radius 1 is 0.677 bits per heavy atom. The van der Waals surface area contributed by atoms with Crippen molar-refractivity contribution >= 4 is 32.7 Å². The quantitative estimate of drug-likeness (QED) is 0.330. The molecule has 31 heavy (non-hydrogen) atoms. The summed E-state index contributed by atoms with van der Waals surface area (Å²) in [6, 6.07) is 23.9. The van der Waals surface area contributed by atoms with Crippen LogP contribution in [0.2, 0.25) is 0 Å². The second-order valence-corrected chi connectivity index (χ2v) is 8.44. The van der Waals surface area contributed by atoms with E-state index in [1.165, 1.54) is 38.6 Å². The first-order valence-electron chi connectivity index (χ1n) is 10.7. The minimum atomic E-state index is 0.0599. The highest BCUT2D eigenvalue weighted by Gasteiger charge is 2.25. The zero-order valence-corrected chi connectivity index (χ0v) is 17.6. The molecular formula is C28H23N3. The number of pyridine rings is 1. The lowest BCUT2D eigenvalue weighted by Crippen LogP contribution is -2.04. The minimum Gasteiger partial charge on any atom is -0.361 e. The summed E-state index contributed by atoms with van der Waals surface area (Å²) in [6.45, 7) is 4.31. The van der Waals surface area contributed by atoms with Crippen LogP contribution >= 0.6 is 0 Å². The van der Waals surface area contributed by atoms with Gasteiger partial charge in [0, 0.05) is 51.7 Å². The molecule has 3 heteroatoms. The smallest absolute Gasteiger partial charge is 0.0743 e. The Morgan fingerprint density at radius 3 is 1.94 bits per heavy atom. The minimum absolute atomic E-state index is 0.0599. The molecule has 3 heterocycles. The Hall–Kier alpha value is -3.85. The van der Waals surface area contributed by atoms with Crippen LogP contribution in [0.15, 0.2) is 85.3 Å². The van der Waals surface area contributed by atoms with E-state index in [9.17, 15) is 0 Å². The number of nitrogens with zero attached hydrogens (tertiary/aromatic N) is 1. The average molecular weight is 402 g/mol. The van der Waals surface area contributed by atoms with E-state index in [-0.39, 0.29) is 5.92 Å². The summed E-state index contributed by atoms with van der Waals surface area (Å²) in [4.78, 5) is 11.8. The molecular weight excluding hydrogens is 378 g/mol. The molecule has 0 aliphatic heterocycles. The molecule has 3 nitrogen and oxygen atoms in total. The predicted octanol–water partition coefficient (Wildman–Crippen LogP) is 6.99. The fraction of sp³-hybridized carbons (Fsp3) is 0.107. The fourth-order valence-electron chi connectivity index (χ4n) is 4.85. The number of para-hydroxylation sites is 1. The number of hydrogen-bond acceptors (Lipinski definition) is 1. The Morgan fingerprint density at radius 2 is 1.29 bits per heavy atom. The van der Waals surface area contributed by atoms with Crippen LogP contribution in [0.4, 0.5) is 0 Å². The topological polar surface area (TPSA) is 44.5 Å². The maximum Gasteiger partial charge on any atom is 0.0743 e. The first-order valence-corrected chi connectivity index (χ1v) is 10.7. The molecule has 0 saturated carbocycles. The summed E-state index contributed by atoms with van der Waals surface area (Å²) >= 11 is 0. The largest absolute Gasteiger partial charge is 0.361 e. The van der Waals surface area contributed by atoms with Gasteiger partial charge in [0.15, 0.2) is 0 Å². The zero-order chi connectivity index (χ0) is 20.9. The van der Waals surface area contributed by atoms with E-state index in [1.54, 1.807) is 0 Å². The second kappa shape index (κ2) is 6.85. The molecule has 3 aromatic heterocycles. The molecule has 0 fully saturated rings. The van der Waals surface area contributed by atoms with Crippen molar-refractivity contribution in [3.8, 4) is 0 Å². The SMILES string of the molecule is Cc1ccc2[nH]cc(C(c3c[nH]c4ccc(C)cc34)c3cccc4cccnc34)c2c1. The third kappa shape index (κ3) is 2.85. The lowest BCUT2D eigenvalue weighted by molar-refractivity contribution is 1.00. The van der Waals surface area contributed by atoms with E-state index in [1.807, 2.05) is 12.3 Å². The lowest BCUT2D eigenvalue weighted by Gasteiger charge is -2.19. The number of nitrogens with one attached hydrogen (secondary N) is 2. The molecule has 3 aromatic carbocycles. The molecule has 0 unspecified atom stereocenters. The standard InChI is InChI=1S/C28H23N3/c1-17-8-10-25-21(13-17)23(15-30-25)27(20-7-3-5-19-6-4-12-29-28(19)20)24-16-31-26-11-9-18(2)14-22(24)26/h3-16,27,30-31H,1-2H3. The number of benzene rings is 3. The van der Waals surface area contributed by atoms with Crippen molar-refractivity contribution < 1.29 is 0 Å². The van der Waals surface area contributed by atoms with Crippen molar-refractivity contribution in [2.24, 2.45) is 0 Å². The van der Waals surface area contributed by atoms with Gasteiger partial charge in [-0.05, 0) is 60.9 Å². The number of H-pyrrole nitrogens is 2. The van der Waals surface area contributed by atoms with Gasteiger partial charge in [-0.3, -0.25) is 4.98 Å². The van der Waals surface area contributed by atoms with Crippen LogP contribution in [-0.4, -0.2) is 15.0 Å². The van der Waals surface area contributed by atoms with Gasteiger partial charge in [-0.25, -0.2) is 0 Å². The summed E-state index contributed by atoms with van der Waals surface area (Å²) in [5.74, 6) is 0.0599.